The molecule has 2 aromatic rings. The fourth-order valence-electron chi connectivity index (χ4n) is 3.32. The van der Waals surface area contributed by atoms with Crippen LogP contribution in [0.1, 0.15) is 70.0 Å². The Hall–Kier alpha value is -2.98. The van der Waals surface area contributed by atoms with E-state index in [1.807, 2.05) is 31.2 Å². The number of aryl methyl sites for hydroxylation is 2. The summed E-state index contributed by atoms with van der Waals surface area (Å²) in [7, 11) is 1.71. The molecule has 0 saturated heterocycles. The minimum atomic E-state index is -0.837. The van der Waals surface area contributed by atoms with E-state index in [0.717, 1.165) is 18.4 Å². The summed E-state index contributed by atoms with van der Waals surface area (Å²) in [5.41, 5.74) is 3.00. The number of aromatic nitrogens is 2. The number of halogens is 1. The third-order valence-corrected chi connectivity index (χ3v) is 5.57. The van der Waals surface area contributed by atoms with Gasteiger partial charge >= 0.3 is 6.16 Å². The molecule has 1 atom stereocenters. The number of rotatable bonds is 8. The number of carbonyl (C=O) groups is 1. The zero-order valence-electron chi connectivity index (χ0n) is 20.4. The molecule has 7 nitrogen and oxygen atoms in total. The second-order valence-electron chi connectivity index (χ2n) is 8.89. The average Bonchev–Trinajstić information content (AvgIpc) is 2.98. The van der Waals surface area contributed by atoms with Gasteiger partial charge in [0.2, 0.25) is 6.79 Å². The van der Waals surface area contributed by atoms with Crippen LogP contribution in [0, 0.1) is 18.3 Å². The number of nitrogens with zero attached hydrogens (tertiary/aromatic N) is 3. The lowest BCUT2D eigenvalue weighted by molar-refractivity contribution is -0.0214. The third-order valence-electron chi connectivity index (χ3n) is 5.12. The van der Waals surface area contributed by atoms with Crippen molar-refractivity contribution < 1.29 is 19.0 Å². The van der Waals surface area contributed by atoms with Crippen molar-refractivity contribution in [1.29, 1.82) is 5.26 Å². The van der Waals surface area contributed by atoms with Crippen LogP contribution in [0.4, 0.5) is 4.79 Å². The Kier molecular flexibility index (Phi) is 8.95. The number of carbonyl (C=O) groups excluding carboxylic acids is 1. The van der Waals surface area contributed by atoms with Crippen molar-refractivity contribution >= 4 is 29.1 Å². The first-order valence-electron chi connectivity index (χ1n) is 10.9. The quantitative estimate of drug-likeness (QED) is 0.191. The molecule has 0 N–H and O–H groups in total. The van der Waals surface area contributed by atoms with Crippen molar-refractivity contribution in [3.05, 3.63) is 51.8 Å². The van der Waals surface area contributed by atoms with Crippen molar-refractivity contribution in [2.24, 2.45) is 7.05 Å². The molecule has 0 radical (unpaired) electrons. The van der Waals surface area contributed by atoms with Crippen molar-refractivity contribution in [2.45, 2.75) is 65.9 Å². The van der Waals surface area contributed by atoms with Crippen molar-refractivity contribution in [1.82, 2.24) is 9.78 Å². The maximum atomic E-state index is 12.0. The van der Waals surface area contributed by atoms with E-state index >= 15 is 0 Å². The molecule has 1 heterocycles. The summed E-state index contributed by atoms with van der Waals surface area (Å²) >= 11 is 6.49. The molecular weight excluding hydrogens is 442 g/mol. The van der Waals surface area contributed by atoms with Gasteiger partial charge in [-0.2, -0.15) is 10.4 Å². The van der Waals surface area contributed by atoms with Crippen LogP contribution in [0.15, 0.2) is 24.3 Å². The van der Waals surface area contributed by atoms with Gasteiger partial charge in [0.1, 0.15) is 23.4 Å². The van der Waals surface area contributed by atoms with Crippen LogP contribution in [0.3, 0.4) is 0 Å². The Morgan fingerprint density at radius 1 is 1.24 bits per heavy atom. The molecule has 1 aromatic heterocycles. The second kappa shape index (κ2) is 11.2. The van der Waals surface area contributed by atoms with Gasteiger partial charge in [-0.15, -0.1) is 0 Å². The summed E-state index contributed by atoms with van der Waals surface area (Å²) in [4.78, 5) is 12.0. The fraction of sp³-hybridized carbons (Fsp3) is 0.480. The molecule has 0 fully saturated rings. The van der Waals surface area contributed by atoms with Gasteiger partial charge in [-0.1, -0.05) is 70.0 Å². The standard InChI is InChI=1S/C25H32ClN3O4/c1-8-9-16(2)33-24(30)32-15-31-23(22-21(26)17(3)28-29(22)7)20(14-27)18-10-12-19(13-11-18)25(4,5)6/h10-13,16H,8-9,15H2,1-7H3/b23-20-. The Balaban J connectivity index is 2.40. The van der Waals surface area contributed by atoms with E-state index in [2.05, 4.69) is 31.9 Å². The average molecular weight is 474 g/mol. The fourth-order valence-corrected chi connectivity index (χ4v) is 3.57. The predicted molar refractivity (Wildman–Crippen MR) is 128 cm³/mol. The van der Waals surface area contributed by atoms with Gasteiger partial charge in [0.05, 0.1) is 10.7 Å². The molecule has 33 heavy (non-hydrogen) atoms. The van der Waals surface area contributed by atoms with Crippen molar-refractivity contribution in [3.8, 4) is 6.07 Å². The highest BCUT2D eigenvalue weighted by Gasteiger charge is 2.23. The first kappa shape index (κ1) is 26.3. The highest BCUT2D eigenvalue weighted by Crippen LogP contribution is 2.34. The van der Waals surface area contributed by atoms with E-state index in [1.165, 1.54) is 4.68 Å². The molecule has 0 aliphatic carbocycles. The smallest absolute Gasteiger partial charge is 0.453 e. The van der Waals surface area contributed by atoms with Crippen LogP contribution in [-0.4, -0.2) is 28.8 Å². The van der Waals surface area contributed by atoms with Gasteiger partial charge in [-0.3, -0.25) is 4.68 Å². The van der Waals surface area contributed by atoms with Gasteiger partial charge in [0.25, 0.3) is 0 Å². The zero-order valence-corrected chi connectivity index (χ0v) is 21.1. The largest absolute Gasteiger partial charge is 0.511 e. The van der Waals surface area contributed by atoms with Gasteiger partial charge in [0.15, 0.2) is 5.76 Å². The second-order valence-corrected chi connectivity index (χ2v) is 9.27. The molecule has 0 amide bonds. The Bertz CT molecular complexity index is 1040. The van der Waals surface area contributed by atoms with Crippen LogP contribution in [0.2, 0.25) is 5.02 Å². The van der Waals surface area contributed by atoms with E-state index in [-0.39, 0.29) is 22.9 Å². The van der Waals surface area contributed by atoms with Gasteiger partial charge < -0.3 is 14.2 Å². The lowest BCUT2D eigenvalue weighted by Crippen LogP contribution is -2.17. The maximum absolute atomic E-state index is 12.0. The number of nitriles is 1. The summed E-state index contributed by atoms with van der Waals surface area (Å²) in [5.74, 6) is 0.170. The Labute approximate surface area is 200 Å². The Morgan fingerprint density at radius 2 is 1.88 bits per heavy atom. The van der Waals surface area contributed by atoms with Crippen molar-refractivity contribution in [2.75, 3.05) is 6.79 Å². The number of hydrogen-bond acceptors (Lipinski definition) is 6. The van der Waals surface area contributed by atoms with Crippen molar-refractivity contribution in [3.63, 3.8) is 0 Å². The number of hydrogen-bond donors (Lipinski definition) is 0. The number of ether oxygens (including phenoxy) is 3. The SMILES string of the molecule is CCCC(C)OC(=O)OCO/C(=C(/C#N)c1ccc(C(C)(C)C)cc1)c1c(Cl)c(C)nn1C. The summed E-state index contributed by atoms with van der Waals surface area (Å²) in [6, 6.07) is 9.88. The maximum Gasteiger partial charge on any atom is 0.511 e. The Morgan fingerprint density at radius 3 is 2.36 bits per heavy atom. The summed E-state index contributed by atoms with van der Waals surface area (Å²) in [6.07, 6.45) is 0.516. The highest BCUT2D eigenvalue weighted by atomic mass is 35.5. The zero-order chi connectivity index (χ0) is 24.8. The monoisotopic (exact) mass is 473 g/mol. The van der Waals surface area contributed by atoms with Crippen LogP contribution < -0.4 is 0 Å². The molecule has 1 unspecified atom stereocenters. The van der Waals surface area contributed by atoms with Crippen LogP contribution in [-0.2, 0) is 26.7 Å². The third kappa shape index (κ3) is 6.75. The van der Waals surface area contributed by atoms with Gasteiger partial charge in [-0.05, 0) is 36.8 Å². The normalized spacial score (nSPS) is 13.1. The van der Waals surface area contributed by atoms with E-state index in [4.69, 9.17) is 25.8 Å². The lowest BCUT2D eigenvalue weighted by Gasteiger charge is -2.19. The summed E-state index contributed by atoms with van der Waals surface area (Å²) < 4.78 is 17.6. The minimum absolute atomic E-state index is 0.0278. The number of allylic oxidation sites excluding steroid dienone is 1. The molecular formula is C25H32ClN3O4. The lowest BCUT2D eigenvalue weighted by atomic mass is 9.86. The van der Waals surface area contributed by atoms with Gasteiger partial charge in [-0.25, -0.2) is 4.79 Å². The molecule has 178 valence electrons. The van der Waals surface area contributed by atoms with Crippen LogP contribution in [0.25, 0.3) is 11.3 Å². The first-order chi connectivity index (χ1) is 15.5. The van der Waals surface area contributed by atoms with E-state index in [1.54, 1.807) is 20.9 Å². The van der Waals surface area contributed by atoms with Crippen LogP contribution in [0.5, 0.6) is 0 Å². The van der Waals surface area contributed by atoms with Gasteiger partial charge in [0, 0.05) is 7.05 Å². The molecule has 0 aliphatic rings. The molecule has 1 aromatic carbocycles. The molecule has 0 spiro atoms. The van der Waals surface area contributed by atoms with Crippen LogP contribution >= 0.6 is 11.6 Å². The predicted octanol–water partition coefficient (Wildman–Crippen LogP) is 6.39. The highest BCUT2D eigenvalue weighted by molar-refractivity contribution is 6.33. The molecule has 8 heteroatoms. The molecule has 0 saturated carbocycles. The minimum Gasteiger partial charge on any atom is -0.453 e. The topological polar surface area (TPSA) is 86.4 Å². The van der Waals surface area contributed by atoms with E-state index in [0.29, 0.717) is 22.0 Å². The van der Waals surface area contributed by atoms with E-state index in [9.17, 15) is 10.1 Å². The summed E-state index contributed by atoms with van der Waals surface area (Å²) in [5, 5.41) is 14.7. The molecule has 0 bridgehead atoms. The summed E-state index contributed by atoms with van der Waals surface area (Å²) in [6.45, 7) is 11.5. The van der Waals surface area contributed by atoms with E-state index < -0.39 is 12.9 Å². The first-order valence-corrected chi connectivity index (χ1v) is 11.3. The number of benzene rings is 1. The molecule has 0 aliphatic heterocycles. The molecule has 2 rings (SSSR count).